The summed E-state index contributed by atoms with van der Waals surface area (Å²) in [4.78, 5) is 0. The summed E-state index contributed by atoms with van der Waals surface area (Å²) >= 11 is 0. The van der Waals surface area contributed by atoms with Crippen LogP contribution in [-0.2, 0) is 11.2 Å². The Kier molecular flexibility index (Phi) is 3.49. The van der Waals surface area contributed by atoms with E-state index in [1.165, 1.54) is 5.56 Å². The topological polar surface area (TPSA) is 58.9 Å². The third-order valence-electron chi connectivity index (χ3n) is 6.46. The highest BCUT2D eigenvalue weighted by molar-refractivity contribution is 5.42. The van der Waals surface area contributed by atoms with Crippen molar-refractivity contribution >= 4 is 0 Å². The van der Waals surface area contributed by atoms with Gasteiger partial charge in [0.25, 0.3) is 0 Å². The zero-order valence-electron chi connectivity index (χ0n) is 13.9. The number of benzene rings is 1. The lowest BCUT2D eigenvalue weighted by molar-refractivity contribution is -0.139. The Balaban J connectivity index is 1.85. The third kappa shape index (κ3) is 1.95. The van der Waals surface area contributed by atoms with Crippen molar-refractivity contribution in [1.82, 2.24) is 0 Å². The van der Waals surface area contributed by atoms with Crippen molar-refractivity contribution < 1.29 is 19.7 Å². The van der Waals surface area contributed by atoms with Crippen LogP contribution in [0.25, 0.3) is 0 Å². The summed E-state index contributed by atoms with van der Waals surface area (Å²) in [7, 11) is 1.67. The van der Waals surface area contributed by atoms with Gasteiger partial charge in [0, 0.05) is 5.41 Å². The minimum atomic E-state index is -0.926. The molecular formula is C19H26O4. The molecule has 2 aliphatic carbocycles. The highest BCUT2D eigenvalue weighted by Gasteiger charge is 2.68. The lowest BCUT2D eigenvalue weighted by atomic mass is 9.54. The molecule has 0 amide bonds. The van der Waals surface area contributed by atoms with Crippen LogP contribution in [0, 0.1) is 5.41 Å². The molecular weight excluding hydrogens is 292 g/mol. The van der Waals surface area contributed by atoms with E-state index in [4.69, 9.17) is 9.47 Å². The molecule has 1 aromatic rings. The molecule has 1 saturated carbocycles. The normalized spacial score (nSPS) is 40.0. The fraction of sp³-hybridized carbons (Fsp3) is 0.684. The molecule has 4 rings (SSSR count). The Bertz CT molecular complexity index is 613. The number of ether oxygens (including phenoxy) is 2. The van der Waals surface area contributed by atoms with Gasteiger partial charge in [-0.3, -0.25) is 0 Å². The molecule has 1 aromatic carbocycles. The summed E-state index contributed by atoms with van der Waals surface area (Å²) < 4.78 is 11.7. The number of aliphatic hydroxyl groups excluding tert-OH is 1. The fourth-order valence-corrected chi connectivity index (χ4v) is 5.36. The summed E-state index contributed by atoms with van der Waals surface area (Å²) in [5.41, 5.74) is 1.22. The second-order valence-electron chi connectivity index (χ2n) is 7.53. The molecule has 2 fully saturated rings. The van der Waals surface area contributed by atoms with Crippen LogP contribution in [0.15, 0.2) is 18.2 Å². The van der Waals surface area contributed by atoms with Gasteiger partial charge >= 0.3 is 0 Å². The van der Waals surface area contributed by atoms with Crippen molar-refractivity contribution in [3.8, 4) is 5.75 Å². The Hall–Kier alpha value is -1.10. The van der Waals surface area contributed by atoms with Crippen molar-refractivity contribution in [3.63, 3.8) is 0 Å². The molecule has 126 valence electrons. The molecule has 0 unspecified atom stereocenters. The van der Waals surface area contributed by atoms with Gasteiger partial charge in [0.15, 0.2) is 0 Å². The van der Waals surface area contributed by atoms with E-state index in [1.54, 1.807) is 14.0 Å². The molecule has 0 bridgehead atoms. The number of hydrogen-bond acceptors (Lipinski definition) is 4. The predicted octanol–water partition coefficient (Wildman–Crippen LogP) is 2.75. The van der Waals surface area contributed by atoms with Gasteiger partial charge in [-0.2, -0.15) is 0 Å². The number of aryl methyl sites for hydroxylation is 1. The predicted molar refractivity (Wildman–Crippen MR) is 86.5 cm³/mol. The van der Waals surface area contributed by atoms with Crippen LogP contribution >= 0.6 is 0 Å². The van der Waals surface area contributed by atoms with E-state index in [0.717, 1.165) is 49.8 Å². The second kappa shape index (κ2) is 5.20. The molecule has 0 radical (unpaired) electrons. The largest absolute Gasteiger partial charge is 0.497 e. The summed E-state index contributed by atoms with van der Waals surface area (Å²) in [6.45, 7) is 1.73. The lowest BCUT2D eigenvalue weighted by Crippen LogP contribution is -2.57. The maximum Gasteiger partial charge on any atom is 0.119 e. The average Bonchev–Trinajstić information content (AvgIpc) is 2.84. The van der Waals surface area contributed by atoms with Crippen LogP contribution in [0.3, 0.4) is 0 Å². The first-order valence-electron chi connectivity index (χ1n) is 8.74. The van der Waals surface area contributed by atoms with Gasteiger partial charge < -0.3 is 19.7 Å². The Morgan fingerprint density at radius 2 is 2.04 bits per heavy atom. The Morgan fingerprint density at radius 1 is 1.26 bits per heavy atom. The summed E-state index contributed by atoms with van der Waals surface area (Å²) in [5, 5.41) is 21.8. The monoisotopic (exact) mass is 318 g/mol. The van der Waals surface area contributed by atoms with E-state index in [9.17, 15) is 10.2 Å². The van der Waals surface area contributed by atoms with E-state index in [2.05, 4.69) is 12.1 Å². The van der Waals surface area contributed by atoms with Gasteiger partial charge in [-0.1, -0.05) is 18.9 Å². The zero-order valence-corrected chi connectivity index (χ0v) is 13.9. The minimum Gasteiger partial charge on any atom is -0.497 e. The van der Waals surface area contributed by atoms with E-state index >= 15 is 0 Å². The van der Waals surface area contributed by atoms with Crippen molar-refractivity contribution in [1.29, 1.82) is 0 Å². The molecule has 4 nitrogen and oxygen atoms in total. The van der Waals surface area contributed by atoms with E-state index in [-0.39, 0.29) is 11.5 Å². The van der Waals surface area contributed by atoms with Crippen LogP contribution < -0.4 is 4.74 Å². The van der Waals surface area contributed by atoms with Crippen molar-refractivity contribution in [2.24, 2.45) is 5.41 Å². The van der Waals surface area contributed by atoms with Gasteiger partial charge in [-0.25, -0.2) is 0 Å². The quantitative estimate of drug-likeness (QED) is 0.880. The number of hydrogen-bond donors (Lipinski definition) is 2. The molecule has 1 spiro atoms. The number of methoxy groups -OCH3 is 1. The number of fused-ring (bicyclic) bond motifs is 2. The van der Waals surface area contributed by atoms with Crippen molar-refractivity contribution in [2.45, 2.75) is 69.4 Å². The molecule has 0 aromatic heterocycles. The van der Waals surface area contributed by atoms with E-state index < -0.39 is 17.8 Å². The first-order chi connectivity index (χ1) is 11.0. The molecule has 1 heterocycles. The highest BCUT2D eigenvalue weighted by Crippen LogP contribution is 2.65. The molecule has 1 aliphatic heterocycles. The SMILES string of the molecule is COc1ccc2c(c1)[C@H]1O[C@@H]([C@H](C)O)[C@]3(O)CCCC[C@]13CC2. The first kappa shape index (κ1) is 15.4. The summed E-state index contributed by atoms with van der Waals surface area (Å²) in [6, 6.07) is 6.16. The highest BCUT2D eigenvalue weighted by atomic mass is 16.5. The molecule has 4 heteroatoms. The molecule has 3 aliphatic rings. The fourth-order valence-electron chi connectivity index (χ4n) is 5.36. The molecule has 23 heavy (non-hydrogen) atoms. The van der Waals surface area contributed by atoms with Crippen LogP contribution in [-0.4, -0.2) is 35.1 Å². The van der Waals surface area contributed by atoms with Gasteiger partial charge in [0.1, 0.15) is 17.5 Å². The van der Waals surface area contributed by atoms with Crippen LogP contribution in [0.1, 0.15) is 56.3 Å². The molecule has 5 atom stereocenters. The smallest absolute Gasteiger partial charge is 0.119 e. The van der Waals surface area contributed by atoms with Crippen LogP contribution in [0.5, 0.6) is 5.75 Å². The summed E-state index contributed by atoms with van der Waals surface area (Å²) in [6.07, 6.45) is 4.36. The average molecular weight is 318 g/mol. The minimum absolute atomic E-state index is 0.147. The van der Waals surface area contributed by atoms with Gasteiger partial charge in [0.2, 0.25) is 0 Å². The maximum absolute atomic E-state index is 11.6. The van der Waals surface area contributed by atoms with Crippen molar-refractivity contribution in [2.75, 3.05) is 7.11 Å². The maximum atomic E-state index is 11.6. The van der Waals surface area contributed by atoms with Gasteiger partial charge in [0.05, 0.1) is 19.3 Å². The second-order valence-corrected chi connectivity index (χ2v) is 7.53. The standard InChI is InChI=1S/C19H26O4/c1-12(20)16-19(21)9-4-3-8-18(19)10-7-13-5-6-14(22-2)11-15(13)17(18)23-16/h5-6,11-12,16-17,20-21H,3-4,7-10H2,1-2H3/t12-,16-,17+,18-,19+/m0/s1. The summed E-state index contributed by atoms with van der Waals surface area (Å²) in [5.74, 6) is 0.823. The number of aliphatic hydroxyl groups is 2. The number of rotatable bonds is 2. The first-order valence-corrected chi connectivity index (χ1v) is 8.74. The van der Waals surface area contributed by atoms with Gasteiger partial charge in [-0.15, -0.1) is 0 Å². The van der Waals surface area contributed by atoms with Crippen LogP contribution in [0.4, 0.5) is 0 Å². The molecule has 2 N–H and O–H groups in total. The Morgan fingerprint density at radius 3 is 2.78 bits per heavy atom. The van der Waals surface area contributed by atoms with E-state index in [0.29, 0.717) is 0 Å². The van der Waals surface area contributed by atoms with Crippen LogP contribution in [0.2, 0.25) is 0 Å². The van der Waals surface area contributed by atoms with Gasteiger partial charge in [-0.05, 0) is 55.9 Å². The lowest BCUT2D eigenvalue weighted by Gasteiger charge is -2.51. The Labute approximate surface area is 137 Å². The third-order valence-corrected chi connectivity index (χ3v) is 6.46. The zero-order chi connectivity index (χ0) is 16.2. The van der Waals surface area contributed by atoms with Crippen molar-refractivity contribution in [3.05, 3.63) is 29.3 Å². The molecule has 1 saturated heterocycles. The van der Waals surface area contributed by atoms with E-state index in [1.807, 2.05) is 6.07 Å².